The zero-order chi connectivity index (χ0) is 17.7. The van der Waals surface area contributed by atoms with Crippen LogP contribution in [0.2, 0.25) is 0 Å². The van der Waals surface area contributed by atoms with Crippen LogP contribution in [0.25, 0.3) is 43.1 Å². The second kappa shape index (κ2) is 5.31. The first-order valence-electron chi connectivity index (χ1n) is 8.42. The molecule has 0 saturated carbocycles. The molecule has 2 heteroatoms. The smallest absolute Gasteiger partial charge is 0.0998 e. The monoisotopic (exact) mass is 328 g/mol. The van der Waals surface area contributed by atoms with Gasteiger partial charge < -0.3 is 0 Å². The third-order valence-corrected chi connectivity index (χ3v) is 5.12. The van der Waals surface area contributed by atoms with Gasteiger partial charge in [0.05, 0.1) is 23.3 Å². The van der Waals surface area contributed by atoms with Gasteiger partial charge in [0.15, 0.2) is 0 Å². The Kier molecular flexibility index (Phi) is 2.95. The quantitative estimate of drug-likeness (QED) is 0.325. The van der Waals surface area contributed by atoms with Gasteiger partial charge in [-0.15, -0.1) is 0 Å². The Hall–Kier alpha value is -3.88. The minimum atomic E-state index is 0.660. The van der Waals surface area contributed by atoms with Crippen molar-refractivity contribution in [1.29, 1.82) is 10.5 Å². The summed E-state index contributed by atoms with van der Waals surface area (Å²) < 4.78 is 0. The number of nitriles is 2. The summed E-state index contributed by atoms with van der Waals surface area (Å²) in [4.78, 5) is 0. The summed E-state index contributed by atoms with van der Waals surface area (Å²) in [5.41, 5.74) is 1.32. The molecule has 0 spiro atoms. The molecule has 0 bridgehead atoms. The summed E-state index contributed by atoms with van der Waals surface area (Å²) in [6.07, 6.45) is 0. The van der Waals surface area contributed by atoms with Crippen LogP contribution in [-0.4, -0.2) is 0 Å². The molecule has 0 saturated heterocycles. The highest BCUT2D eigenvalue weighted by Crippen LogP contribution is 2.37. The number of fused-ring (bicyclic) bond motifs is 7. The van der Waals surface area contributed by atoms with Crippen LogP contribution < -0.4 is 0 Å². The van der Waals surface area contributed by atoms with Crippen LogP contribution in [0.3, 0.4) is 0 Å². The third kappa shape index (κ3) is 1.85. The van der Waals surface area contributed by atoms with Gasteiger partial charge in [0, 0.05) is 10.8 Å². The molecule has 0 heterocycles. The van der Waals surface area contributed by atoms with Gasteiger partial charge in [-0.3, -0.25) is 0 Å². The maximum atomic E-state index is 9.64. The van der Waals surface area contributed by atoms with Crippen LogP contribution in [0.4, 0.5) is 0 Å². The number of hydrogen-bond donors (Lipinski definition) is 0. The SMILES string of the molecule is N#Cc1cc2c(ccc3c4ccccc4c(C#N)cc32)c2ccccc12. The average Bonchev–Trinajstić information content (AvgIpc) is 2.72. The molecule has 0 atom stereocenters. The zero-order valence-corrected chi connectivity index (χ0v) is 13.8. The van der Waals surface area contributed by atoms with Crippen molar-refractivity contribution in [3.63, 3.8) is 0 Å². The fourth-order valence-corrected chi connectivity index (χ4v) is 3.95. The third-order valence-electron chi connectivity index (χ3n) is 5.12. The highest BCUT2D eigenvalue weighted by Gasteiger charge is 2.12. The molecular formula is C24H12N2. The van der Waals surface area contributed by atoms with Gasteiger partial charge in [-0.1, -0.05) is 60.7 Å². The van der Waals surface area contributed by atoms with Gasteiger partial charge in [-0.2, -0.15) is 10.5 Å². The van der Waals surface area contributed by atoms with Gasteiger partial charge in [-0.25, -0.2) is 0 Å². The van der Waals surface area contributed by atoms with E-state index in [-0.39, 0.29) is 0 Å². The molecule has 0 aliphatic heterocycles. The van der Waals surface area contributed by atoms with Crippen LogP contribution >= 0.6 is 0 Å². The lowest BCUT2D eigenvalue weighted by atomic mass is 9.91. The van der Waals surface area contributed by atoms with Crippen LogP contribution in [-0.2, 0) is 0 Å². The molecule has 118 valence electrons. The molecule has 0 aliphatic carbocycles. The lowest BCUT2D eigenvalue weighted by Crippen LogP contribution is -1.88. The van der Waals surface area contributed by atoms with Crippen LogP contribution in [0, 0.1) is 22.7 Å². The summed E-state index contributed by atoms with van der Waals surface area (Å²) in [5.74, 6) is 0. The van der Waals surface area contributed by atoms with Crippen molar-refractivity contribution >= 4 is 43.1 Å². The summed E-state index contributed by atoms with van der Waals surface area (Å²) in [6, 6.07) is 28.8. The fraction of sp³-hybridized carbons (Fsp3) is 0. The molecule has 2 nitrogen and oxygen atoms in total. The van der Waals surface area contributed by atoms with Gasteiger partial charge in [0.2, 0.25) is 0 Å². The molecule has 0 N–H and O–H groups in total. The Bertz CT molecular complexity index is 1330. The standard InChI is InChI=1S/C24H12N2/c25-13-15-11-23-21(19-7-3-1-5-17(15)19)9-10-22-20-8-4-2-6-18(20)16(14-26)12-24(22)23/h1-12H. The summed E-state index contributed by atoms with van der Waals surface area (Å²) >= 11 is 0. The van der Waals surface area contributed by atoms with E-state index < -0.39 is 0 Å². The maximum absolute atomic E-state index is 9.64. The van der Waals surface area contributed by atoms with Gasteiger partial charge in [-0.05, 0) is 44.5 Å². The van der Waals surface area contributed by atoms with Crippen molar-refractivity contribution in [3.05, 3.63) is 83.9 Å². The van der Waals surface area contributed by atoms with E-state index in [0.29, 0.717) is 11.1 Å². The summed E-state index contributed by atoms with van der Waals surface area (Å²) in [7, 11) is 0. The lowest BCUT2D eigenvalue weighted by Gasteiger charge is -2.12. The number of benzene rings is 5. The van der Waals surface area contributed by atoms with Crippen molar-refractivity contribution in [2.75, 3.05) is 0 Å². The molecule has 0 amide bonds. The lowest BCUT2D eigenvalue weighted by molar-refractivity contribution is 1.51. The normalized spacial score (nSPS) is 11.0. The molecule has 0 radical (unpaired) electrons. The first-order chi connectivity index (χ1) is 12.8. The first kappa shape index (κ1) is 14.5. The van der Waals surface area contributed by atoms with Crippen molar-refractivity contribution < 1.29 is 0 Å². The number of nitrogens with zero attached hydrogens (tertiary/aromatic N) is 2. The Balaban J connectivity index is 2.10. The summed E-state index contributed by atoms with van der Waals surface area (Å²) in [5, 5.41) is 27.6. The second-order valence-electron chi connectivity index (χ2n) is 6.42. The highest BCUT2D eigenvalue weighted by molar-refractivity contribution is 6.23. The van der Waals surface area contributed by atoms with E-state index >= 15 is 0 Å². The van der Waals surface area contributed by atoms with Gasteiger partial charge >= 0.3 is 0 Å². The van der Waals surface area contributed by atoms with Crippen molar-refractivity contribution in [1.82, 2.24) is 0 Å². The molecule has 26 heavy (non-hydrogen) atoms. The first-order valence-corrected chi connectivity index (χ1v) is 8.42. The van der Waals surface area contributed by atoms with E-state index in [0.717, 1.165) is 43.1 Å². The average molecular weight is 328 g/mol. The van der Waals surface area contributed by atoms with Gasteiger partial charge in [0.1, 0.15) is 0 Å². The maximum Gasteiger partial charge on any atom is 0.0998 e. The van der Waals surface area contributed by atoms with E-state index in [1.54, 1.807) is 0 Å². The van der Waals surface area contributed by atoms with Gasteiger partial charge in [0.25, 0.3) is 0 Å². The van der Waals surface area contributed by atoms with Crippen LogP contribution in [0.1, 0.15) is 11.1 Å². The van der Waals surface area contributed by atoms with Crippen molar-refractivity contribution in [2.45, 2.75) is 0 Å². The molecule has 0 fully saturated rings. The molecule has 0 unspecified atom stereocenters. The van der Waals surface area contributed by atoms with E-state index in [1.807, 2.05) is 48.5 Å². The number of hydrogen-bond acceptors (Lipinski definition) is 2. The summed E-state index contributed by atoms with van der Waals surface area (Å²) in [6.45, 7) is 0. The molecule has 5 aromatic rings. The molecule has 5 rings (SSSR count). The van der Waals surface area contributed by atoms with E-state index in [1.165, 1.54) is 0 Å². The predicted octanol–water partition coefficient (Wildman–Crippen LogP) is 6.04. The minimum Gasteiger partial charge on any atom is -0.192 e. The van der Waals surface area contributed by atoms with E-state index in [9.17, 15) is 10.5 Å². The zero-order valence-electron chi connectivity index (χ0n) is 13.8. The van der Waals surface area contributed by atoms with Crippen LogP contribution in [0.5, 0.6) is 0 Å². The van der Waals surface area contributed by atoms with Crippen LogP contribution in [0.15, 0.2) is 72.8 Å². The molecule has 0 aliphatic rings. The second-order valence-corrected chi connectivity index (χ2v) is 6.42. The van der Waals surface area contributed by atoms with Crippen molar-refractivity contribution in [2.24, 2.45) is 0 Å². The Morgan fingerprint density at radius 1 is 0.423 bits per heavy atom. The molecular weight excluding hydrogens is 316 g/mol. The Morgan fingerprint density at radius 3 is 1.15 bits per heavy atom. The minimum absolute atomic E-state index is 0.660. The predicted molar refractivity (Wildman–Crippen MR) is 106 cm³/mol. The Morgan fingerprint density at radius 2 is 0.769 bits per heavy atom. The van der Waals surface area contributed by atoms with Crippen molar-refractivity contribution in [3.8, 4) is 12.1 Å². The number of rotatable bonds is 0. The molecule has 5 aromatic carbocycles. The van der Waals surface area contributed by atoms with E-state index in [4.69, 9.17) is 0 Å². The molecule has 0 aromatic heterocycles. The fourth-order valence-electron chi connectivity index (χ4n) is 3.95. The Labute approximate surface area is 150 Å². The highest BCUT2D eigenvalue weighted by atomic mass is 14.3. The largest absolute Gasteiger partial charge is 0.192 e. The topological polar surface area (TPSA) is 47.6 Å². The van der Waals surface area contributed by atoms with E-state index in [2.05, 4.69) is 36.4 Å².